The number of fused-ring (bicyclic) bond motifs is 2. The van der Waals surface area contributed by atoms with E-state index in [9.17, 15) is 4.79 Å². The third kappa shape index (κ3) is 6.41. The van der Waals surface area contributed by atoms with Gasteiger partial charge in [-0.15, -0.1) is 11.3 Å². The molecule has 2 aromatic carbocycles. The van der Waals surface area contributed by atoms with Crippen molar-refractivity contribution in [3.05, 3.63) is 47.6 Å². The molecule has 2 aromatic heterocycles. The summed E-state index contributed by atoms with van der Waals surface area (Å²) in [6.07, 6.45) is 2.48. The monoisotopic (exact) mass is 549 g/mol. The summed E-state index contributed by atoms with van der Waals surface area (Å²) < 4.78 is 18.0. The summed E-state index contributed by atoms with van der Waals surface area (Å²) in [6.45, 7) is 11.6. The van der Waals surface area contributed by atoms with Crippen LogP contribution >= 0.6 is 11.3 Å². The maximum atomic E-state index is 12.1. The summed E-state index contributed by atoms with van der Waals surface area (Å²) in [5.74, 6) is 1.69. The first-order valence-electron chi connectivity index (χ1n) is 13.5. The molecule has 1 fully saturated rings. The molecule has 0 unspecified atom stereocenters. The van der Waals surface area contributed by atoms with Crippen LogP contribution in [0.4, 0.5) is 11.5 Å². The first kappa shape index (κ1) is 27.1. The number of esters is 1. The molecule has 0 saturated carbocycles. The zero-order valence-electron chi connectivity index (χ0n) is 22.7. The largest absolute Gasteiger partial charge is 0.493 e. The van der Waals surface area contributed by atoms with Crippen molar-refractivity contribution in [1.29, 1.82) is 0 Å². The van der Waals surface area contributed by atoms with E-state index in [2.05, 4.69) is 32.0 Å². The van der Waals surface area contributed by atoms with Crippen LogP contribution in [0.5, 0.6) is 11.5 Å². The van der Waals surface area contributed by atoms with Crippen molar-refractivity contribution in [2.45, 2.75) is 20.3 Å². The van der Waals surface area contributed by atoms with E-state index >= 15 is 0 Å². The molecule has 3 heterocycles. The van der Waals surface area contributed by atoms with Crippen LogP contribution in [0.2, 0.25) is 0 Å². The number of nitrogens with one attached hydrogen (secondary N) is 1. The van der Waals surface area contributed by atoms with Gasteiger partial charge in [0.1, 0.15) is 17.0 Å². The van der Waals surface area contributed by atoms with Crippen LogP contribution in [0.3, 0.4) is 0 Å². The fourth-order valence-electron chi connectivity index (χ4n) is 4.80. The van der Waals surface area contributed by atoms with Crippen LogP contribution in [-0.2, 0) is 4.74 Å². The minimum atomic E-state index is -0.296. The van der Waals surface area contributed by atoms with E-state index in [1.807, 2.05) is 36.4 Å². The van der Waals surface area contributed by atoms with Gasteiger partial charge in [0, 0.05) is 54.6 Å². The van der Waals surface area contributed by atoms with Crippen molar-refractivity contribution in [2.75, 3.05) is 64.9 Å². The highest BCUT2D eigenvalue weighted by molar-refractivity contribution is 7.20. The number of nitrogens with zero attached hydrogens (tertiary/aromatic N) is 4. The second kappa shape index (κ2) is 12.6. The van der Waals surface area contributed by atoms with Crippen LogP contribution in [0.25, 0.3) is 21.0 Å². The first-order chi connectivity index (χ1) is 19.1. The topological polar surface area (TPSA) is 89.0 Å². The number of rotatable bonds is 11. The smallest absolute Gasteiger partial charge is 0.348 e. The quantitative estimate of drug-likeness (QED) is 0.201. The van der Waals surface area contributed by atoms with Crippen LogP contribution in [0, 0.1) is 0 Å². The van der Waals surface area contributed by atoms with Crippen LogP contribution in [0.1, 0.15) is 29.9 Å². The molecule has 1 aliphatic heterocycles. The second-order valence-electron chi connectivity index (χ2n) is 9.43. The zero-order valence-corrected chi connectivity index (χ0v) is 23.6. The molecule has 0 bridgehead atoms. The number of aromatic nitrogens is 2. The molecule has 5 rings (SSSR count). The Bertz CT molecular complexity index is 1430. The van der Waals surface area contributed by atoms with Crippen LogP contribution in [-0.4, -0.2) is 85.3 Å². The Balaban J connectivity index is 1.29. The lowest BCUT2D eigenvalue weighted by atomic mass is 10.2. The number of likely N-dealkylation sites (N-methyl/N-ethyl adjacent to an activating group) is 1. The van der Waals surface area contributed by atoms with Crippen molar-refractivity contribution in [3.63, 3.8) is 0 Å². The van der Waals surface area contributed by atoms with E-state index in [1.165, 1.54) is 17.7 Å². The van der Waals surface area contributed by atoms with E-state index in [-0.39, 0.29) is 5.97 Å². The molecule has 4 aromatic rings. The molecule has 0 spiro atoms. The summed E-state index contributed by atoms with van der Waals surface area (Å²) in [7, 11) is 1.64. The number of thiophene rings is 1. The number of ether oxygens (including phenoxy) is 3. The van der Waals surface area contributed by atoms with Crippen molar-refractivity contribution in [2.24, 2.45) is 0 Å². The second-order valence-corrected chi connectivity index (χ2v) is 10.5. The van der Waals surface area contributed by atoms with E-state index < -0.39 is 0 Å². The fourth-order valence-corrected chi connectivity index (χ4v) is 5.73. The summed E-state index contributed by atoms with van der Waals surface area (Å²) >= 11 is 1.42. The first-order valence-corrected chi connectivity index (χ1v) is 14.3. The highest BCUT2D eigenvalue weighted by Crippen LogP contribution is 2.36. The van der Waals surface area contributed by atoms with Crippen molar-refractivity contribution in [3.8, 4) is 11.5 Å². The predicted molar refractivity (Wildman–Crippen MR) is 156 cm³/mol. The van der Waals surface area contributed by atoms with Gasteiger partial charge >= 0.3 is 5.97 Å². The van der Waals surface area contributed by atoms with Gasteiger partial charge in [-0.05, 0) is 55.6 Å². The number of anilines is 2. The SMILES string of the molecule is CCOC(=O)c1cc2cc(Nc3ncnc4cc(OC)c(OCCCN5CCN(CC)CC5)cc34)ccc2s1. The molecule has 39 heavy (non-hydrogen) atoms. The Kier molecular flexibility index (Phi) is 8.75. The van der Waals surface area contributed by atoms with Gasteiger partial charge < -0.3 is 29.3 Å². The number of piperazine rings is 1. The lowest BCUT2D eigenvalue weighted by Gasteiger charge is -2.33. The number of methoxy groups -OCH3 is 1. The third-order valence-corrected chi connectivity index (χ3v) is 8.06. The average Bonchev–Trinajstić information content (AvgIpc) is 3.39. The molecule has 206 valence electrons. The van der Waals surface area contributed by atoms with Crippen molar-refractivity contribution in [1.82, 2.24) is 19.8 Å². The van der Waals surface area contributed by atoms with Gasteiger partial charge in [-0.3, -0.25) is 0 Å². The Morgan fingerprint density at radius 1 is 1.03 bits per heavy atom. The molecule has 10 heteroatoms. The number of carbonyl (C=O) groups excluding carboxylic acids is 1. The van der Waals surface area contributed by atoms with Gasteiger partial charge in [0.25, 0.3) is 0 Å². The number of hydrogen-bond acceptors (Lipinski definition) is 10. The molecule has 1 N–H and O–H groups in total. The molecular formula is C29H35N5O4S. The van der Waals surface area contributed by atoms with Crippen molar-refractivity contribution >= 4 is 49.8 Å². The predicted octanol–water partition coefficient (Wildman–Crippen LogP) is 5.18. The van der Waals surface area contributed by atoms with E-state index in [0.717, 1.165) is 72.4 Å². The Morgan fingerprint density at radius 3 is 2.62 bits per heavy atom. The van der Waals surface area contributed by atoms with E-state index in [4.69, 9.17) is 14.2 Å². The highest BCUT2D eigenvalue weighted by atomic mass is 32.1. The van der Waals surface area contributed by atoms with E-state index in [0.29, 0.717) is 35.4 Å². The molecule has 0 amide bonds. The molecular weight excluding hydrogens is 514 g/mol. The zero-order chi connectivity index (χ0) is 27.2. The summed E-state index contributed by atoms with van der Waals surface area (Å²) in [6, 6.07) is 11.7. The van der Waals surface area contributed by atoms with E-state index in [1.54, 1.807) is 14.0 Å². The molecule has 9 nitrogen and oxygen atoms in total. The molecule has 0 aliphatic carbocycles. The standard InChI is InChI=1S/C29H35N5O4S/c1-4-33-10-12-34(13-11-33)9-6-14-38-25-17-22-23(18-24(25)36-3)30-19-31-28(22)32-21-7-8-26-20(15-21)16-27(39-26)29(35)37-5-2/h7-8,15-19H,4-6,9-14H2,1-3H3,(H,30,31,32). The third-order valence-electron chi connectivity index (χ3n) is 6.96. The minimum absolute atomic E-state index is 0.296. The molecule has 0 atom stereocenters. The van der Waals surface area contributed by atoms with Gasteiger partial charge in [0.05, 0.1) is 25.8 Å². The van der Waals surface area contributed by atoms with Gasteiger partial charge in [-0.2, -0.15) is 0 Å². The minimum Gasteiger partial charge on any atom is -0.493 e. The number of hydrogen-bond donors (Lipinski definition) is 1. The average molecular weight is 550 g/mol. The molecule has 1 saturated heterocycles. The Hall–Kier alpha value is -3.47. The fraction of sp³-hybridized carbons (Fsp3) is 0.414. The van der Waals surface area contributed by atoms with Gasteiger partial charge in [0.15, 0.2) is 11.5 Å². The maximum Gasteiger partial charge on any atom is 0.348 e. The lowest BCUT2D eigenvalue weighted by molar-refractivity contribution is 0.0532. The normalized spacial score (nSPS) is 14.5. The van der Waals surface area contributed by atoms with Gasteiger partial charge in [-0.25, -0.2) is 14.8 Å². The summed E-state index contributed by atoms with van der Waals surface area (Å²) in [5, 5.41) is 5.22. The summed E-state index contributed by atoms with van der Waals surface area (Å²) in [4.78, 5) is 26.7. The van der Waals surface area contributed by atoms with Crippen molar-refractivity contribution < 1.29 is 19.0 Å². The van der Waals surface area contributed by atoms with Crippen LogP contribution in [0.15, 0.2) is 42.7 Å². The Labute approximate surface area is 232 Å². The number of carbonyl (C=O) groups is 1. The number of benzene rings is 2. The van der Waals surface area contributed by atoms with Gasteiger partial charge in [0.2, 0.25) is 0 Å². The molecule has 1 aliphatic rings. The highest BCUT2D eigenvalue weighted by Gasteiger charge is 2.16. The van der Waals surface area contributed by atoms with Gasteiger partial charge in [-0.1, -0.05) is 6.92 Å². The van der Waals surface area contributed by atoms with Crippen LogP contribution < -0.4 is 14.8 Å². The maximum absolute atomic E-state index is 12.1. The summed E-state index contributed by atoms with van der Waals surface area (Å²) in [5.41, 5.74) is 1.61. The molecule has 0 radical (unpaired) electrons. The lowest BCUT2D eigenvalue weighted by Crippen LogP contribution is -2.46. The Morgan fingerprint density at radius 2 is 1.85 bits per heavy atom.